The van der Waals surface area contributed by atoms with Gasteiger partial charge in [0.2, 0.25) is 5.82 Å². The maximum Gasteiger partial charge on any atom is 0.417 e. The first-order valence-electron chi connectivity index (χ1n) is 6.85. The van der Waals surface area contributed by atoms with E-state index in [0.717, 1.165) is 19.1 Å². The lowest BCUT2D eigenvalue weighted by Gasteiger charge is -2.34. The third-order valence-corrected chi connectivity index (χ3v) is 5.12. The maximum absolute atomic E-state index is 13.9. The van der Waals surface area contributed by atoms with Crippen LogP contribution < -0.4 is 4.74 Å². The fourth-order valence-corrected chi connectivity index (χ4v) is 3.51. The molecule has 8 heteroatoms. The number of alkyl halides is 3. The van der Waals surface area contributed by atoms with Gasteiger partial charge in [0.1, 0.15) is 6.61 Å². The van der Waals surface area contributed by atoms with Gasteiger partial charge in [-0.25, -0.2) is 4.39 Å². The number of hydrogen-bond acceptors (Lipinski definition) is 3. The SMILES string of the molecule is C[C@H]1[C@]2(COc3c2ccc(F)c3F)[C@H](C#N)O[C@@]1(C)C(F)(F)F. The average Bonchev–Trinajstić information content (AvgIpc) is 2.96. The van der Waals surface area contributed by atoms with E-state index in [-0.39, 0.29) is 12.2 Å². The molecule has 0 bridgehead atoms. The van der Waals surface area contributed by atoms with Crippen LogP contribution in [0.3, 0.4) is 0 Å². The molecule has 3 nitrogen and oxygen atoms in total. The van der Waals surface area contributed by atoms with Gasteiger partial charge in [0.25, 0.3) is 0 Å². The van der Waals surface area contributed by atoms with E-state index >= 15 is 0 Å². The Hall–Kier alpha value is -1.88. The second kappa shape index (κ2) is 4.57. The van der Waals surface area contributed by atoms with Crippen molar-refractivity contribution >= 4 is 0 Å². The Kier molecular flexibility index (Phi) is 3.18. The van der Waals surface area contributed by atoms with Crippen molar-refractivity contribution in [2.45, 2.75) is 37.1 Å². The van der Waals surface area contributed by atoms with Gasteiger partial charge >= 0.3 is 6.18 Å². The third-order valence-electron chi connectivity index (χ3n) is 5.12. The number of hydrogen-bond donors (Lipinski definition) is 0. The van der Waals surface area contributed by atoms with Gasteiger partial charge in [0, 0.05) is 11.5 Å². The number of ether oxygens (including phenoxy) is 2. The molecule has 0 unspecified atom stereocenters. The zero-order chi connectivity index (χ0) is 17.2. The summed E-state index contributed by atoms with van der Waals surface area (Å²) in [5.74, 6) is -4.12. The quantitative estimate of drug-likeness (QED) is 0.683. The summed E-state index contributed by atoms with van der Waals surface area (Å²) in [6.07, 6.45) is -6.22. The molecular weight excluding hydrogens is 321 g/mol. The van der Waals surface area contributed by atoms with Gasteiger partial charge in [-0.05, 0) is 13.0 Å². The number of halogens is 5. The van der Waals surface area contributed by atoms with Gasteiger partial charge in [0.05, 0.1) is 11.5 Å². The zero-order valence-corrected chi connectivity index (χ0v) is 12.2. The van der Waals surface area contributed by atoms with E-state index in [4.69, 9.17) is 9.47 Å². The molecule has 3 rings (SSSR count). The minimum atomic E-state index is -4.73. The van der Waals surface area contributed by atoms with Crippen LogP contribution in [0.5, 0.6) is 5.75 Å². The highest BCUT2D eigenvalue weighted by molar-refractivity contribution is 5.49. The van der Waals surface area contributed by atoms with Crippen molar-refractivity contribution < 1.29 is 31.4 Å². The Bertz CT molecular complexity index is 713. The smallest absolute Gasteiger partial charge is 0.417 e. The molecule has 1 saturated heterocycles. The van der Waals surface area contributed by atoms with Crippen LogP contribution in [0.15, 0.2) is 12.1 Å². The summed E-state index contributed by atoms with van der Waals surface area (Å²) in [6, 6.07) is 3.69. The molecule has 2 heterocycles. The molecule has 124 valence electrons. The summed E-state index contributed by atoms with van der Waals surface area (Å²) in [7, 11) is 0. The molecule has 2 aliphatic rings. The Labute approximate surface area is 128 Å². The Balaban J connectivity index is 2.22. The van der Waals surface area contributed by atoms with Gasteiger partial charge < -0.3 is 9.47 Å². The molecular formula is C15H12F5NO2. The van der Waals surface area contributed by atoms with Crippen LogP contribution in [0.25, 0.3) is 0 Å². The van der Waals surface area contributed by atoms with Crippen molar-refractivity contribution in [3.63, 3.8) is 0 Å². The maximum atomic E-state index is 13.9. The third kappa shape index (κ3) is 1.77. The van der Waals surface area contributed by atoms with Gasteiger partial charge in [-0.15, -0.1) is 0 Å². The first kappa shape index (κ1) is 16.0. The van der Waals surface area contributed by atoms with Gasteiger partial charge in [-0.1, -0.05) is 13.0 Å². The molecule has 0 aliphatic carbocycles. The first-order valence-corrected chi connectivity index (χ1v) is 6.85. The molecule has 0 saturated carbocycles. The molecule has 0 radical (unpaired) electrons. The highest BCUT2D eigenvalue weighted by atomic mass is 19.4. The van der Waals surface area contributed by atoms with Crippen LogP contribution in [-0.2, 0) is 10.2 Å². The molecule has 1 fully saturated rings. The molecule has 1 aromatic carbocycles. The van der Waals surface area contributed by atoms with Crippen molar-refractivity contribution in [2.75, 3.05) is 6.61 Å². The lowest BCUT2D eigenvalue weighted by molar-refractivity contribution is -0.271. The van der Waals surface area contributed by atoms with Crippen molar-refractivity contribution in [1.29, 1.82) is 5.26 Å². The standard InChI is InChI=1S/C15H12F5NO2/c1-7-13(2,15(18,19)20)23-10(5-21)14(7)6-22-12-8(14)3-4-9(16)11(12)17/h3-4,7,10H,6H2,1-2H3/t7-,10+,13-,14+/m1/s1. The van der Waals surface area contributed by atoms with E-state index in [9.17, 15) is 27.2 Å². The van der Waals surface area contributed by atoms with Crippen LogP contribution in [-0.4, -0.2) is 24.5 Å². The van der Waals surface area contributed by atoms with E-state index < -0.39 is 46.6 Å². The van der Waals surface area contributed by atoms with E-state index in [1.807, 2.05) is 0 Å². The number of fused-ring (bicyclic) bond motifs is 2. The average molecular weight is 333 g/mol. The van der Waals surface area contributed by atoms with Gasteiger partial charge in [-0.3, -0.25) is 0 Å². The summed E-state index contributed by atoms with van der Waals surface area (Å²) < 4.78 is 77.8. The number of benzene rings is 1. The molecule has 1 spiro atoms. The number of nitrogens with zero attached hydrogens (tertiary/aromatic N) is 1. The fourth-order valence-electron chi connectivity index (χ4n) is 3.51. The van der Waals surface area contributed by atoms with Gasteiger partial charge in [-0.2, -0.15) is 22.8 Å². The topological polar surface area (TPSA) is 42.2 Å². The molecule has 1 aromatic rings. The van der Waals surface area contributed by atoms with Crippen molar-refractivity contribution in [3.8, 4) is 11.8 Å². The predicted molar refractivity (Wildman–Crippen MR) is 67.6 cm³/mol. The highest BCUT2D eigenvalue weighted by Gasteiger charge is 2.72. The molecule has 0 aromatic heterocycles. The highest BCUT2D eigenvalue weighted by Crippen LogP contribution is 2.60. The van der Waals surface area contributed by atoms with Gasteiger partial charge in [0.15, 0.2) is 23.3 Å². The van der Waals surface area contributed by atoms with E-state index in [0.29, 0.717) is 0 Å². The van der Waals surface area contributed by atoms with Crippen molar-refractivity contribution in [3.05, 3.63) is 29.3 Å². The molecule has 0 amide bonds. The molecule has 0 N–H and O–H groups in total. The molecule has 23 heavy (non-hydrogen) atoms. The molecule has 2 aliphatic heterocycles. The second-order valence-corrected chi connectivity index (χ2v) is 6.02. The first-order chi connectivity index (χ1) is 10.6. The summed E-state index contributed by atoms with van der Waals surface area (Å²) in [6.45, 7) is 1.76. The predicted octanol–water partition coefficient (Wildman–Crippen LogP) is 3.47. The fraction of sp³-hybridized carbons (Fsp3) is 0.533. The molecule has 4 atom stereocenters. The summed E-state index contributed by atoms with van der Waals surface area (Å²) in [5.41, 5.74) is -4.07. The second-order valence-electron chi connectivity index (χ2n) is 6.02. The van der Waals surface area contributed by atoms with Crippen LogP contribution in [0.4, 0.5) is 22.0 Å². The summed E-state index contributed by atoms with van der Waals surface area (Å²) in [5, 5.41) is 9.29. The normalized spacial score (nSPS) is 35.9. The lowest BCUT2D eigenvalue weighted by atomic mass is 9.66. The minimum Gasteiger partial charge on any atom is -0.489 e. The summed E-state index contributed by atoms with van der Waals surface area (Å²) in [4.78, 5) is 0. The number of nitriles is 1. The Morgan fingerprint density at radius 3 is 2.52 bits per heavy atom. The van der Waals surface area contributed by atoms with Crippen LogP contribution in [0.1, 0.15) is 19.4 Å². The Morgan fingerprint density at radius 1 is 1.30 bits per heavy atom. The van der Waals surface area contributed by atoms with Crippen molar-refractivity contribution in [2.24, 2.45) is 5.92 Å². The van der Waals surface area contributed by atoms with Crippen LogP contribution >= 0.6 is 0 Å². The van der Waals surface area contributed by atoms with E-state index in [1.54, 1.807) is 6.07 Å². The number of rotatable bonds is 0. The summed E-state index contributed by atoms with van der Waals surface area (Å²) >= 11 is 0. The zero-order valence-electron chi connectivity index (χ0n) is 12.2. The van der Waals surface area contributed by atoms with Crippen LogP contribution in [0.2, 0.25) is 0 Å². The monoisotopic (exact) mass is 333 g/mol. The van der Waals surface area contributed by atoms with E-state index in [2.05, 4.69) is 0 Å². The van der Waals surface area contributed by atoms with E-state index in [1.165, 1.54) is 6.92 Å². The largest absolute Gasteiger partial charge is 0.489 e. The lowest BCUT2D eigenvalue weighted by Crippen LogP contribution is -2.50. The Morgan fingerprint density at radius 2 is 1.96 bits per heavy atom. The van der Waals surface area contributed by atoms with Crippen LogP contribution in [0, 0.1) is 28.9 Å². The van der Waals surface area contributed by atoms with Crippen molar-refractivity contribution in [1.82, 2.24) is 0 Å². The minimum absolute atomic E-state index is 0.0309.